The zero-order valence-electron chi connectivity index (χ0n) is 15.3. The maximum absolute atomic E-state index is 12.4. The summed E-state index contributed by atoms with van der Waals surface area (Å²) in [4.78, 5) is 51.0. The number of benzene rings is 2. The number of amides is 2. The molecule has 150 valence electrons. The Kier molecular flexibility index (Phi) is 5.83. The highest BCUT2D eigenvalue weighted by Gasteiger charge is 2.14. The Morgan fingerprint density at radius 1 is 0.633 bits per heavy atom. The lowest BCUT2D eigenvalue weighted by Crippen LogP contribution is -2.18. The zero-order valence-corrected chi connectivity index (χ0v) is 15.3. The molecule has 0 atom stereocenters. The van der Waals surface area contributed by atoms with Crippen LogP contribution in [0.5, 0.6) is 0 Å². The van der Waals surface area contributed by atoms with Crippen molar-refractivity contribution >= 4 is 35.1 Å². The molecular weight excluding hydrogens is 390 g/mol. The summed E-state index contributed by atoms with van der Waals surface area (Å²) >= 11 is 0. The van der Waals surface area contributed by atoms with Crippen molar-refractivity contribution in [2.24, 2.45) is 0 Å². The summed E-state index contributed by atoms with van der Waals surface area (Å²) in [6.45, 7) is 0. The summed E-state index contributed by atoms with van der Waals surface area (Å²) < 4.78 is 0. The van der Waals surface area contributed by atoms with E-state index in [0.29, 0.717) is 0 Å². The van der Waals surface area contributed by atoms with Gasteiger partial charge in [0, 0.05) is 11.4 Å². The van der Waals surface area contributed by atoms with Crippen LogP contribution in [-0.2, 0) is 0 Å². The van der Waals surface area contributed by atoms with Crippen molar-refractivity contribution in [3.8, 4) is 0 Å². The fourth-order valence-electron chi connectivity index (χ4n) is 2.54. The van der Waals surface area contributed by atoms with E-state index < -0.39 is 23.8 Å². The van der Waals surface area contributed by atoms with Gasteiger partial charge in [-0.3, -0.25) is 9.59 Å². The predicted octanol–water partition coefficient (Wildman–Crippen LogP) is 2.98. The Hall–Kier alpha value is -4.53. The highest BCUT2D eigenvalue weighted by Crippen LogP contribution is 2.14. The summed E-state index contributed by atoms with van der Waals surface area (Å²) in [6, 6.07) is 15.7. The molecule has 0 saturated heterocycles. The molecule has 3 rings (SSSR count). The number of nitrogens with zero attached hydrogens (tertiary/aromatic N) is 1. The highest BCUT2D eigenvalue weighted by molar-refractivity contribution is 6.06. The van der Waals surface area contributed by atoms with Crippen LogP contribution in [0.3, 0.4) is 0 Å². The number of nitrogens with one attached hydrogen (secondary N) is 2. The number of hydrogen-bond acceptors (Lipinski definition) is 5. The van der Waals surface area contributed by atoms with Crippen LogP contribution < -0.4 is 10.6 Å². The second-order valence-corrected chi connectivity index (χ2v) is 6.09. The van der Waals surface area contributed by atoms with Crippen molar-refractivity contribution in [3.63, 3.8) is 0 Å². The number of carboxylic acid groups (broad SMARTS) is 2. The molecule has 2 amide bonds. The first-order valence-electron chi connectivity index (χ1n) is 8.60. The van der Waals surface area contributed by atoms with E-state index in [0.717, 1.165) is 0 Å². The smallest absolute Gasteiger partial charge is 0.335 e. The van der Waals surface area contributed by atoms with Crippen LogP contribution >= 0.6 is 0 Å². The Labute approximate surface area is 170 Å². The Morgan fingerprint density at radius 2 is 1.03 bits per heavy atom. The molecule has 3 aromatic rings. The maximum Gasteiger partial charge on any atom is 0.335 e. The molecular formula is C21H15N3O6. The van der Waals surface area contributed by atoms with Crippen LogP contribution in [0, 0.1) is 0 Å². The van der Waals surface area contributed by atoms with E-state index in [1.165, 1.54) is 66.7 Å². The zero-order chi connectivity index (χ0) is 21.7. The average Bonchev–Trinajstić information content (AvgIpc) is 2.74. The van der Waals surface area contributed by atoms with E-state index >= 15 is 0 Å². The van der Waals surface area contributed by atoms with Crippen molar-refractivity contribution in [2.75, 3.05) is 10.6 Å². The number of hydrogen-bond donors (Lipinski definition) is 4. The normalized spacial score (nSPS) is 10.1. The standard InChI is InChI=1S/C21H15N3O6/c25-18(22-14-6-1-4-12(10-14)20(27)28)16-8-3-9-17(24-16)19(26)23-15-7-2-5-13(11-15)21(29)30/h1-11H,(H,22,25)(H,23,26)(H,27,28)(H,29,30). The molecule has 2 aromatic carbocycles. The second-order valence-electron chi connectivity index (χ2n) is 6.09. The molecule has 0 aliphatic heterocycles. The molecule has 30 heavy (non-hydrogen) atoms. The van der Waals surface area contributed by atoms with Crippen LogP contribution in [-0.4, -0.2) is 39.0 Å². The number of carboxylic acids is 2. The van der Waals surface area contributed by atoms with E-state index in [2.05, 4.69) is 15.6 Å². The van der Waals surface area contributed by atoms with E-state index in [4.69, 9.17) is 10.2 Å². The molecule has 0 spiro atoms. The fraction of sp³-hybridized carbons (Fsp3) is 0. The molecule has 0 unspecified atom stereocenters. The number of carbonyl (C=O) groups excluding carboxylic acids is 2. The van der Waals surface area contributed by atoms with Crippen LogP contribution in [0.15, 0.2) is 66.7 Å². The molecule has 9 heteroatoms. The van der Waals surface area contributed by atoms with Crippen molar-refractivity contribution < 1.29 is 29.4 Å². The van der Waals surface area contributed by atoms with E-state index in [1.54, 1.807) is 0 Å². The fourth-order valence-corrected chi connectivity index (χ4v) is 2.54. The van der Waals surface area contributed by atoms with Crippen LogP contribution in [0.1, 0.15) is 41.7 Å². The van der Waals surface area contributed by atoms with Gasteiger partial charge < -0.3 is 20.8 Å². The predicted molar refractivity (Wildman–Crippen MR) is 107 cm³/mol. The SMILES string of the molecule is O=C(O)c1cccc(NC(=O)c2cccc(C(=O)Nc3cccc(C(=O)O)c3)n2)c1. The minimum Gasteiger partial charge on any atom is -0.478 e. The summed E-state index contributed by atoms with van der Waals surface area (Å²) in [5.74, 6) is -3.51. The maximum atomic E-state index is 12.4. The van der Waals surface area contributed by atoms with Crippen molar-refractivity contribution in [2.45, 2.75) is 0 Å². The number of rotatable bonds is 6. The molecule has 0 bridgehead atoms. The summed E-state index contributed by atoms with van der Waals surface area (Å²) in [7, 11) is 0. The Bertz CT molecular complexity index is 1070. The number of aromatic nitrogens is 1. The summed E-state index contributed by atoms with van der Waals surface area (Å²) in [5.41, 5.74) is 0.448. The number of pyridine rings is 1. The summed E-state index contributed by atoms with van der Waals surface area (Å²) in [6.07, 6.45) is 0. The lowest BCUT2D eigenvalue weighted by atomic mass is 10.2. The topological polar surface area (TPSA) is 146 Å². The van der Waals surface area contributed by atoms with Gasteiger partial charge in [-0.2, -0.15) is 0 Å². The van der Waals surface area contributed by atoms with Crippen LogP contribution in [0.4, 0.5) is 11.4 Å². The van der Waals surface area contributed by atoms with E-state index in [1.807, 2.05) is 0 Å². The van der Waals surface area contributed by atoms with Crippen LogP contribution in [0.25, 0.3) is 0 Å². The lowest BCUT2D eigenvalue weighted by Gasteiger charge is -2.08. The lowest BCUT2D eigenvalue weighted by molar-refractivity contribution is 0.0686. The molecule has 0 saturated carbocycles. The minimum absolute atomic E-state index is 0.0116. The molecule has 1 aromatic heterocycles. The largest absolute Gasteiger partial charge is 0.478 e. The minimum atomic E-state index is -1.13. The summed E-state index contributed by atoms with van der Waals surface area (Å²) in [5, 5.41) is 23.1. The number of anilines is 2. The van der Waals surface area contributed by atoms with E-state index in [-0.39, 0.29) is 33.9 Å². The number of carbonyl (C=O) groups is 4. The number of aromatic carboxylic acids is 2. The van der Waals surface area contributed by atoms with Gasteiger partial charge in [0.25, 0.3) is 11.8 Å². The molecule has 1 heterocycles. The second kappa shape index (κ2) is 8.65. The third kappa shape index (κ3) is 4.84. The quantitative estimate of drug-likeness (QED) is 0.493. The molecule has 0 aliphatic rings. The molecule has 0 fully saturated rings. The van der Waals surface area contributed by atoms with Crippen molar-refractivity contribution in [1.29, 1.82) is 0 Å². The van der Waals surface area contributed by atoms with Crippen molar-refractivity contribution in [1.82, 2.24) is 4.98 Å². The van der Waals surface area contributed by atoms with Crippen molar-refractivity contribution in [3.05, 3.63) is 89.2 Å². The van der Waals surface area contributed by atoms with Gasteiger partial charge in [0.2, 0.25) is 0 Å². The van der Waals surface area contributed by atoms with Gasteiger partial charge in [-0.05, 0) is 48.5 Å². The van der Waals surface area contributed by atoms with Gasteiger partial charge in [0.1, 0.15) is 11.4 Å². The van der Waals surface area contributed by atoms with Gasteiger partial charge in [-0.25, -0.2) is 14.6 Å². The first-order chi connectivity index (χ1) is 14.3. The molecule has 0 radical (unpaired) electrons. The highest BCUT2D eigenvalue weighted by atomic mass is 16.4. The molecule has 4 N–H and O–H groups in total. The van der Waals surface area contributed by atoms with Gasteiger partial charge >= 0.3 is 11.9 Å². The Morgan fingerprint density at radius 3 is 1.43 bits per heavy atom. The molecule has 9 nitrogen and oxygen atoms in total. The third-order valence-corrected chi connectivity index (χ3v) is 3.95. The first kappa shape index (κ1) is 20.2. The van der Waals surface area contributed by atoms with E-state index in [9.17, 15) is 19.2 Å². The van der Waals surface area contributed by atoms with Gasteiger partial charge in [-0.1, -0.05) is 18.2 Å². The van der Waals surface area contributed by atoms with Gasteiger partial charge in [-0.15, -0.1) is 0 Å². The van der Waals surface area contributed by atoms with Gasteiger partial charge in [0.05, 0.1) is 11.1 Å². The first-order valence-corrected chi connectivity index (χ1v) is 8.60. The van der Waals surface area contributed by atoms with Crippen LogP contribution in [0.2, 0.25) is 0 Å². The Balaban J connectivity index is 1.75. The average molecular weight is 405 g/mol. The monoisotopic (exact) mass is 405 g/mol. The van der Waals surface area contributed by atoms with Gasteiger partial charge in [0.15, 0.2) is 0 Å². The third-order valence-electron chi connectivity index (χ3n) is 3.95. The molecule has 0 aliphatic carbocycles.